The number of nitrogens with two attached hydrogens (primary N) is 1. The molecule has 0 aliphatic heterocycles. The largest absolute Gasteiger partial charge is 0.469 e. The second kappa shape index (κ2) is 3.72. The van der Waals surface area contributed by atoms with Crippen molar-refractivity contribution in [2.45, 2.75) is 31.7 Å². The molecule has 64 valence electrons. The number of hydrogen-bond acceptors (Lipinski definition) is 3. The second-order valence-electron chi connectivity index (χ2n) is 3.12. The summed E-state index contributed by atoms with van der Waals surface area (Å²) in [6.45, 7) is 0. The maximum absolute atomic E-state index is 10.7. The van der Waals surface area contributed by atoms with E-state index in [0.29, 0.717) is 18.4 Å². The lowest BCUT2D eigenvalue weighted by atomic mass is 9.77. The molecule has 0 heterocycles. The number of carbonyl (C=O) groups is 1. The summed E-state index contributed by atoms with van der Waals surface area (Å²) >= 11 is 0. The summed E-state index contributed by atoms with van der Waals surface area (Å²) in [7, 11) is 1.42. The third-order valence-corrected chi connectivity index (χ3v) is 2.42. The first kappa shape index (κ1) is 8.53. The molecule has 11 heavy (non-hydrogen) atoms. The molecule has 3 nitrogen and oxygen atoms in total. The Kier molecular flexibility index (Phi) is 2.88. The van der Waals surface area contributed by atoms with E-state index < -0.39 is 0 Å². The fourth-order valence-corrected chi connectivity index (χ4v) is 1.36. The predicted octanol–water partition coefficient (Wildman–Crippen LogP) is 0.677. The molecule has 0 radical (unpaired) electrons. The van der Waals surface area contributed by atoms with Crippen molar-refractivity contribution in [1.29, 1.82) is 0 Å². The van der Waals surface area contributed by atoms with E-state index in [0.717, 1.165) is 12.8 Å². The average Bonchev–Trinajstić information content (AvgIpc) is 2.01. The van der Waals surface area contributed by atoms with Gasteiger partial charge in [0.1, 0.15) is 0 Å². The van der Waals surface area contributed by atoms with E-state index in [2.05, 4.69) is 4.74 Å². The molecule has 1 fully saturated rings. The molecule has 0 aromatic carbocycles. The minimum absolute atomic E-state index is 0.121. The summed E-state index contributed by atoms with van der Waals surface area (Å²) in [4.78, 5) is 10.7. The monoisotopic (exact) mass is 157 g/mol. The number of methoxy groups -OCH3 is 1. The van der Waals surface area contributed by atoms with Crippen LogP contribution < -0.4 is 5.73 Å². The van der Waals surface area contributed by atoms with E-state index in [1.165, 1.54) is 13.5 Å². The van der Waals surface area contributed by atoms with E-state index in [9.17, 15) is 4.79 Å². The zero-order valence-corrected chi connectivity index (χ0v) is 6.88. The van der Waals surface area contributed by atoms with Crippen molar-refractivity contribution >= 4 is 5.97 Å². The summed E-state index contributed by atoms with van der Waals surface area (Å²) < 4.78 is 4.52. The Bertz CT molecular complexity index is 147. The molecule has 2 unspecified atom stereocenters. The maximum Gasteiger partial charge on any atom is 0.305 e. The highest BCUT2D eigenvalue weighted by atomic mass is 16.5. The molecule has 2 atom stereocenters. The molecule has 0 bridgehead atoms. The Hall–Kier alpha value is -0.570. The first-order valence-corrected chi connectivity index (χ1v) is 4.06. The molecule has 1 aliphatic rings. The Balaban J connectivity index is 2.07. The van der Waals surface area contributed by atoms with Gasteiger partial charge in [-0.2, -0.15) is 0 Å². The lowest BCUT2D eigenvalue weighted by molar-refractivity contribution is -0.141. The van der Waals surface area contributed by atoms with Crippen molar-refractivity contribution in [3.63, 3.8) is 0 Å². The second-order valence-corrected chi connectivity index (χ2v) is 3.12. The number of esters is 1. The minimum atomic E-state index is -0.121. The zero-order valence-electron chi connectivity index (χ0n) is 6.88. The van der Waals surface area contributed by atoms with Gasteiger partial charge in [-0.3, -0.25) is 4.79 Å². The topological polar surface area (TPSA) is 52.3 Å². The molecule has 1 rings (SSSR count). The van der Waals surface area contributed by atoms with E-state index in [-0.39, 0.29) is 5.97 Å². The molecule has 0 amide bonds. The Morgan fingerprint density at radius 3 is 2.73 bits per heavy atom. The normalized spacial score (nSPS) is 29.3. The number of hydrogen-bond donors (Lipinski definition) is 1. The van der Waals surface area contributed by atoms with Crippen LogP contribution in [0.5, 0.6) is 0 Å². The van der Waals surface area contributed by atoms with Gasteiger partial charge in [0.25, 0.3) is 0 Å². The molecule has 0 aromatic rings. The first-order valence-electron chi connectivity index (χ1n) is 4.06. The van der Waals surface area contributed by atoms with Gasteiger partial charge in [0.05, 0.1) is 7.11 Å². The standard InChI is InChI=1S/C8H15NO2/c1-11-8(10)5-3-6-2-4-7(6)9/h6-7H,2-5,9H2,1H3. The molecular weight excluding hydrogens is 142 g/mol. The maximum atomic E-state index is 10.7. The van der Waals surface area contributed by atoms with Gasteiger partial charge in [-0.05, 0) is 25.2 Å². The average molecular weight is 157 g/mol. The lowest BCUT2D eigenvalue weighted by Gasteiger charge is -2.33. The van der Waals surface area contributed by atoms with Gasteiger partial charge in [-0.25, -0.2) is 0 Å². The Morgan fingerprint density at radius 1 is 1.64 bits per heavy atom. The smallest absolute Gasteiger partial charge is 0.305 e. The zero-order chi connectivity index (χ0) is 8.27. The predicted molar refractivity (Wildman–Crippen MR) is 41.9 cm³/mol. The van der Waals surface area contributed by atoms with Crippen molar-refractivity contribution in [3.8, 4) is 0 Å². The Labute approximate surface area is 66.9 Å². The van der Waals surface area contributed by atoms with Crippen LogP contribution in [0.25, 0.3) is 0 Å². The fraction of sp³-hybridized carbons (Fsp3) is 0.875. The number of carbonyl (C=O) groups excluding carboxylic acids is 1. The molecular formula is C8H15NO2. The molecule has 0 aromatic heterocycles. The van der Waals surface area contributed by atoms with Crippen LogP contribution in [0.2, 0.25) is 0 Å². The van der Waals surface area contributed by atoms with Crippen molar-refractivity contribution in [3.05, 3.63) is 0 Å². The van der Waals surface area contributed by atoms with Crippen molar-refractivity contribution in [2.24, 2.45) is 11.7 Å². The van der Waals surface area contributed by atoms with Gasteiger partial charge in [-0.15, -0.1) is 0 Å². The van der Waals surface area contributed by atoms with Crippen molar-refractivity contribution in [2.75, 3.05) is 7.11 Å². The summed E-state index contributed by atoms with van der Waals surface area (Å²) in [5.41, 5.74) is 5.70. The molecule has 1 aliphatic carbocycles. The van der Waals surface area contributed by atoms with Crippen LogP contribution in [0.1, 0.15) is 25.7 Å². The summed E-state index contributed by atoms with van der Waals surface area (Å²) in [6.07, 6.45) is 3.71. The lowest BCUT2D eigenvalue weighted by Crippen LogP contribution is -2.39. The first-order chi connectivity index (χ1) is 5.24. The van der Waals surface area contributed by atoms with Crippen LogP contribution >= 0.6 is 0 Å². The number of rotatable bonds is 3. The van der Waals surface area contributed by atoms with Crippen LogP contribution in [0.15, 0.2) is 0 Å². The highest BCUT2D eigenvalue weighted by Crippen LogP contribution is 2.29. The summed E-state index contributed by atoms with van der Waals surface area (Å²) in [5, 5.41) is 0. The van der Waals surface area contributed by atoms with Gasteiger partial charge >= 0.3 is 5.97 Å². The van der Waals surface area contributed by atoms with Crippen LogP contribution in [0.3, 0.4) is 0 Å². The molecule has 0 saturated heterocycles. The third-order valence-electron chi connectivity index (χ3n) is 2.42. The van der Waals surface area contributed by atoms with Gasteiger partial charge in [-0.1, -0.05) is 0 Å². The van der Waals surface area contributed by atoms with Gasteiger partial charge in [0, 0.05) is 12.5 Å². The fourth-order valence-electron chi connectivity index (χ4n) is 1.36. The van der Waals surface area contributed by atoms with E-state index in [4.69, 9.17) is 5.73 Å². The molecule has 3 heteroatoms. The van der Waals surface area contributed by atoms with E-state index in [1.807, 2.05) is 0 Å². The number of ether oxygens (including phenoxy) is 1. The quantitative estimate of drug-likeness (QED) is 0.613. The van der Waals surface area contributed by atoms with Crippen LogP contribution in [0.4, 0.5) is 0 Å². The SMILES string of the molecule is COC(=O)CCC1CCC1N. The molecule has 1 saturated carbocycles. The third kappa shape index (κ3) is 2.19. The van der Waals surface area contributed by atoms with Crippen LogP contribution in [-0.4, -0.2) is 19.1 Å². The highest BCUT2D eigenvalue weighted by molar-refractivity contribution is 5.69. The molecule has 2 N–H and O–H groups in total. The van der Waals surface area contributed by atoms with E-state index in [1.54, 1.807) is 0 Å². The Morgan fingerprint density at radius 2 is 2.36 bits per heavy atom. The van der Waals surface area contributed by atoms with Gasteiger partial charge in [0.15, 0.2) is 0 Å². The van der Waals surface area contributed by atoms with Crippen molar-refractivity contribution in [1.82, 2.24) is 0 Å². The highest BCUT2D eigenvalue weighted by Gasteiger charge is 2.27. The van der Waals surface area contributed by atoms with E-state index >= 15 is 0 Å². The van der Waals surface area contributed by atoms with Crippen LogP contribution in [0, 0.1) is 5.92 Å². The summed E-state index contributed by atoms with van der Waals surface area (Å²) in [5.74, 6) is 0.443. The molecule has 0 spiro atoms. The van der Waals surface area contributed by atoms with Gasteiger partial charge < -0.3 is 10.5 Å². The van der Waals surface area contributed by atoms with Crippen LogP contribution in [-0.2, 0) is 9.53 Å². The summed E-state index contributed by atoms with van der Waals surface area (Å²) in [6, 6.07) is 0.333. The van der Waals surface area contributed by atoms with Gasteiger partial charge in [0.2, 0.25) is 0 Å². The van der Waals surface area contributed by atoms with Crippen molar-refractivity contribution < 1.29 is 9.53 Å². The minimum Gasteiger partial charge on any atom is -0.469 e.